The van der Waals surface area contributed by atoms with Crippen molar-refractivity contribution in [3.63, 3.8) is 0 Å². The molecule has 2 heteroatoms. The molecule has 0 amide bonds. The molecule has 0 unspecified atom stereocenters. The van der Waals surface area contributed by atoms with E-state index >= 15 is 0 Å². The zero-order chi connectivity index (χ0) is 11.7. The number of pyridine rings is 1. The van der Waals surface area contributed by atoms with Crippen molar-refractivity contribution in [2.45, 2.75) is 13.3 Å². The monoisotopic (exact) mass is 222 g/mol. The Balaban J connectivity index is 2.12. The summed E-state index contributed by atoms with van der Waals surface area (Å²) in [7, 11) is 0. The van der Waals surface area contributed by atoms with Gasteiger partial charge in [-0.25, -0.2) is 0 Å². The number of rotatable bonds is 2. The lowest BCUT2D eigenvalue weighted by Gasteiger charge is -2.03. The molecule has 0 aliphatic rings. The van der Waals surface area contributed by atoms with Crippen LogP contribution in [0.5, 0.6) is 0 Å². The van der Waals surface area contributed by atoms with E-state index < -0.39 is 0 Å². The van der Waals surface area contributed by atoms with Crippen molar-refractivity contribution in [2.75, 3.05) is 0 Å². The minimum Gasteiger partial charge on any atom is -0.360 e. The van der Waals surface area contributed by atoms with E-state index in [1.165, 1.54) is 11.1 Å². The standard InChI is InChI=1S/C15H14N2/c1-2-11-4-3-5-12(8-11)13-9-15-14(17-10-13)6-7-16-15/h3-10,16H,2H2,1H3. The molecule has 0 saturated carbocycles. The third kappa shape index (κ3) is 1.82. The minimum absolute atomic E-state index is 1.01. The van der Waals surface area contributed by atoms with E-state index in [0.717, 1.165) is 23.0 Å². The molecule has 84 valence electrons. The number of aromatic nitrogens is 2. The van der Waals surface area contributed by atoms with Crippen molar-refractivity contribution in [1.29, 1.82) is 0 Å². The van der Waals surface area contributed by atoms with Gasteiger partial charge in [-0.05, 0) is 29.7 Å². The van der Waals surface area contributed by atoms with E-state index in [-0.39, 0.29) is 0 Å². The van der Waals surface area contributed by atoms with Crippen molar-refractivity contribution in [2.24, 2.45) is 0 Å². The summed E-state index contributed by atoms with van der Waals surface area (Å²) in [6.07, 6.45) is 4.92. The number of aryl methyl sites for hydroxylation is 1. The molecule has 0 aliphatic heterocycles. The number of benzene rings is 1. The van der Waals surface area contributed by atoms with Gasteiger partial charge < -0.3 is 4.98 Å². The maximum absolute atomic E-state index is 4.44. The van der Waals surface area contributed by atoms with Gasteiger partial charge in [0.2, 0.25) is 0 Å². The van der Waals surface area contributed by atoms with E-state index in [4.69, 9.17) is 0 Å². The molecule has 0 spiro atoms. The second kappa shape index (κ2) is 4.06. The highest BCUT2D eigenvalue weighted by Crippen LogP contribution is 2.22. The van der Waals surface area contributed by atoms with Gasteiger partial charge >= 0.3 is 0 Å². The predicted molar refractivity (Wildman–Crippen MR) is 70.9 cm³/mol. The third-order valence-corrected chi connectivity index (χ3v) is 3.07. The summed E-state index contributed by atoms with van der Waals surface area (Å²) in [4.78, 5) is 7.64. The molecule has 3 rings (SSSR count). The summed E-state index contributed by atoms with van der Waals surface area (Å²) in [5, 5.41) is 0. The normalized spacial score (nSPS) is 10.9. The van der Waals surface area contributed by atoms with Crippen LogP contribution in [0.25, 0.3) is 22.2 Å². The number of fused-ring (bicyclic) bond motifs is 1. The first kappa shape index (κ1) is 10.1. The van der Waals surface area contributed by atoms with Crippen LogP contribution < -0.4 is 0 Å². The molecule has 0 atom stereocenters. The topological polar surface area (TPSA) is 28.7 Å². The quantitative estimate of drug-likeness (QED) is 0.702. The number of nitrogens with zero attached hydrogens (tertiary/aromatic N) is 1. The van der Waals surface area contributed by atoms with Crippen molar-refractivity contribution >= 4 is 11.0 Å². The molecule has 3 aromatic rings. The smallest absolute Gasteiger partial charge is 0.0879 e. The zero-order valence-electron chi connectivity index (χ0n) is 9.77. The molecule has 0 saturated heterocycles. The zero-order valence-corrected chi connectivity index (χ0v) is 9.77. The Morgan fingerprint density at radius 2 is 2.06 bits per heavy atom. The van der Waals surface area contributed by atoms with Gasteiger partial charge in [-0.15, -0.1) is 0 Å². The number of aromatic amines is 1. The van der Waals surface area contributed by atoms with Crippen LogP contribution in [0.1, 0.15) is 12.5 Å². The van der Waals surface area contributed by atoms with Crippen LogP contribution in [-0.4, -0.2) is 9.97 Å². The Morgan fingerprint density at radius 1 is 1.12 bits per heavy atom. The van der Waals surface area contributed by atoms with Crippen LogP contribution in [0.4, 0.5) is 0 Å². The molecule has 0 aliphatic carbocycles. The molecule has 1 aromatic carbocycles. The Hall–Kier alpha value is -2.09. The summed E-state index contributed by atoms with van der Waals surface area (Å²) >= 11 is 0. The molecule has 0 fully saturated rings. The van der Waals surface area contributed by atoms with E-state index in [9.17, 15) is 0 Å². The Bertz CT molecular complexity index is 653. The highest BCUT2D eigenvalue weighted by molar-refractivity contribution is 5.80. The van der Waals surface area contributed by atoms with Crippen LogP contribution in [0.3, 0.4) is 0 Å². The lowest BCUT2D eigenvalue weighted by Crippen LogP contribution is -1.84. The summed E-state index contributed by atoms with van der Waals surface area (Å²) in [6, 6.07) is 12.8. The third-order valence-electron chi connectivity index (χ3n) is 3.07. The number of hydrogen-bond donors (Lipinski definition) is 1. The highest BCUT2D eigenvalue weighted by atomic mass is 14.7. The maximum Gasteiger partial charge on any atom is 0.0879 e. The fourth-order valence-corrected chi connectivity index (χ4v) is 2.06. The predicted octanol–water partition coefficient (Wildman–Crippen LogP) is 3.79. The summed E-state index contributed by atoms with van der Waals surface area (Å²) in [6.45, 7) is 2.17. The average molecular weight is 222 g/mol. The molecule has 17 heavy (non-hydrogen) atoms. The van der Waals surface area contributed by atoms with Crippen LogP contribution in [0.2, 0.25) is 0 Å². The van der Waals surface area contributed by atoms with Gasteiger partial charge in [-0.1, -0.05) is 31.2 Å². The van der Waals surface area contributed by atoms with Crippen LogP contribution in [0.15, 0.2) is 48.8 Å². The van der Waals surface area contributed by atoms with Crippen LogP contribution in [0, 0.1) is 0 Å². The number of nitrogens with one attached hydrogen (secondary N) is 1. The molecule has 2 aromatic heterocycles. The summed E-state index contributed by atoms with van der Waals surface area (Å²) in [5.41, 5.74) is 5.85. The summed E-state index contributed by atoms with van der Waals surface area (Å²) < 4.78 is 0. The molecular weight excluding hydrogens is 208 g/mol. The van der Waals surface area contributed by atoms with Crippen LogP contribution >= 0.6 is 0 Å². The lowest BCUT2D eigenvalue weighted by molar-refractivity contribution is 1.14. The van der Waals surface area contributed by atoms with E-state index in [2.05, 4.69) is 47.2 Å². The SMILES string of the molecule is CCc1cccc(-c2cnc3cc[nH]c3c2)c1. The highest BCUT2D eigenvalue weighted by Gasteiger charge is 2.02. The summed E-state index contributed by atoms with van der Waals surface area (Å²) in [5.74, 6) is 0. The van der Waals surface area contributed by atoms with Crippen molar-refractivity contribution in [3.8, 4) is 11.1 Å². The van der Waals surface area contributed by atoms with Crippen molar-refractivity contribution in [1.82, 2.24) is 9.97 Å². The lowest BCUT2D eigenvalue weighted by atomic mass is 10.0. The van der Waals surface area contributed by atoms with Gasteiger partial charge in [0.15, 0.2) is 0 Å². The van der Waals surface area contributed by atoms with E-state index in [0.29, 0.717) is 0 Å². The van der Waals surface area contributed by atoms with Crippen molar-refractivity contribution < 1.29 is 0 Å². The van der Waals surface area contributed by atoms with Gasteiger partial charge in [0.25, 0.3) is 0 Å². The van der Waals surface area contributed by atoms with Crippen molar-refractivity contribution in [3.05, 3.63) is 54.4 Å². The average Bonchev–Trinajstić information content (AvgIpc) is 2.86. The molecular formula is C15H14N2. The maximum atomic E-state index is 4.44. The molecule has 0 bridgehead atoms. The number of H-pyrrole nitrogens is 1. The Morgan fingerprint density at radius 3 is 2.94 bits per heavy atom. The Labute approximate surface area is 100 Å². The molecule has 1 N–H and O–H groups in total. The molecule has 2 nitrogen and oxygen atoms in total. The Kier molecular flexibility index (Phi) is 2.41. The van der Waals surface area contributed by atoms with E-state index in [1.807, 2.05) is 18.5 Å². The first-order valence-electron chi connectivity index (χ1n) is 5.89. The van der Waals surface area contributed by atoms with Gasteiger partial charge in [-0.2, -0.15) is 0 Å². The fourth-order valence-electron chi connectivity index (χ4n) is 2.06. The minimum atomic E-state index is 1.01. The fraction of sp³-hybridized carbons (Fsp3) is 0.133. The van der Waals surface area contributed by atoms with E-state index in [1.54, 1.807) is 0 Å². The first-order valence-corrected chi connectivity index (χ1v) is 5.89. The second-order valence-corrected chi connectivity index (χ2v) is 4.19. The van der Waals surface area contributed by atoms with Gasteiger partial charge in [0.1, 0.15) is 0 Å². The molecule has 0 radical (unpaired) electrons. The second-order valence-electron chi connectivity index (χ2n) is 4.19. The van der Waals surface area contributed by atoms with Crippen LogP contribution in [-0.2, 0) is 6.42 Å². The first-order chi connectivity index (χ1) is 8.36. The number of hydrogen-bond acceptors (Lipinski definition) is 1. The van der Waals surface area contributed by atoms with Gasteiger partial charge in [-0.3, -0.25) is 4.98 Å². The van der Waals surface area contributed by atoms with Gasteiger partial charge in [0, 0.05) is 18.0 Å². The largest absolute Gasteiger partial charge is 0.360 e. The molecule has 2 heterocycles. The van der Waals surface area contributed by atoms with Gasteiger partial charge in [0.05, 0.1) is 11.0 Å².